The number of aromatic nitrogens is 3. The maximum absolute atomic E-state index is 9.10. The molecule has 5 heterocycles. The van der Waals surface area contributed by atoms with Crippen molar-refractivity contribution in [1.82, 2.24) is 18.6 Å². The van der Waals surface area contributed by atoms with E-state index in [1.165, 1.54) is 64.0 Å². The summed E-state index contributed by atoms with van der Waals surface area (Å²) in [5.74, 6) is -1.12. The fourth-order valence-electron chi connectivity index (χ4n) is 4.24. The number of carboxylic acid groups (broad SMARTS) is 2. The van der Waals surface area contributed by atoms with E-state index in [-0.39, 0.29) is 0 Å². The summed E-state index contributed by atoms with van der Waals surface area (Å²) >= 11 is 7.01. The van der Waals surface area contributed by atoms with E-state index >= 15 is 0 Å². The van der Waals surface area contributed by atoms with Crippen molar-refractivity contribution >= 4 is 68.7 Å². The Hall–Kier alpha value is -1.73. The molecule has 3 aliphatic heterocycles. The zero-order chi connectivity index (χ0) is 24.1. The summed E-state index contributed by atoms with van der Waals surface area (Å²) < 4.78 is 11.8. The number of benzene rings is 1. The van der Waals surface area contributed by atoms with Gasteiger partial charge >= 0.3 is 11.9 Å². The lowest BCUT2D eigenvalue weighted by molar-refractivity contribution is -0.159. The van der Waals surface area contributed by atoms with Crippen molar-refractivity contribution in [2.75, 3.05) is 25.4 Å². The zero-order valence-corrected chi connectivity index (χ0v) is 21.9. The summed E-state index contributed by atoms with van der Waals surface area (Å²) in [7, 11) is 0. The summed E-state index contributed by atoms with van der Waals surface area (Å²) in [6.07, 6.45) is 3.83. The van der Waals surface area contributed by atoms with Crippen LogP contribution in [0.5, 0.6) is 0 Å². The number of para-hydroxylation sites is 1. The summed E-state index contributed by atoms with van der Waals surface area (Å²) in [4.78, 5) is 25.6. The van der Waals surface area contributed by atoms with Gasteiger partial charge in [0.2, 0.25) is 0 Å². The van der Waals surface area contributed by atoms with Gasteiger partial charge in [0.25, 0.3) is 0 Å². The Morgan fingerprint density at radius 3 is 2.56 bits per heavy atom. The Balaban J connectivity index is 0.000000408. The minimum Gasteiger partial charge on any atom is -0.473 e. The van der Waals surface area contributed by atoms with Gasteiger partial charge in [-0.05, 0) is 50.4 Å². The number of aliphatic carboxylic acids is 2. The van der Waals surface area contributed by atoms with Gasteiger partial charge in [0.1, 0.15) is 5.03 Å². The second-order valence-corrected chi connectivity index (χ2v) is 12.7. The normalized spacial score (nSPS) is 22.2. The van der Waals surface area contributed by atoms with E-state index in [0.717, 1.165) is 23.6 Å². The maximum Gasteiger partial charge on any atom is 0.414 e. The third kappa shape index (κ3) is 6.48. The highest BCUT2D eigenvalue weighted by atomic mass is 32.2. The Kier molecular flexibility index (Phi) is 8.81. The summed E-state index contributed by atoms with van der Waals surface area (Å²) in [5.41, 5.74) is 2.41. The highest BCUT2D eigenvalue weighted by Crippen LogP contribution is 2.41. The van der Waals surface area contributed by atoms with Gasteiger partial charge in [-0.25, -0.2) is 14.6 Å². The van der Waals surface area contributed by atoms with Crippen LogP contribution in [0.15, 0.2) is 33.6 Å². The predicted octanol–water partition coefficient (Wildman–Crippen LogP) is 4.78. The van der Waals surface area contributed by atoms with Crippen molar-refractivity contribution in [2.24, 2.45) is 5.92 Å². The number of carbonyl (C=O) groups is 2. The molecule has 2 N–H and O–H groups in total. The van der Waals surface area contributed by atoms with Crippen LogP contribution in [0.1, 0.15) is 37.8 Å². The molecule has 6 rings (SSSR count). The molecule has 0 spiro atoms. The molecular weight excluding hydrogens is 513 g/mol. The van der Waals surface area contributed by atoms with E-state index in [9.17, 15) is 0 Å². The monoisotopic (exact) mass is 538 g/mol. The molecular formula is C22H26N4O4S4. The molecule has 2 unspecified atom stereocenters. The first-order valence-corrected chi connectivity index (χ1v) is 14.5. The van der Waals surface area contributed by atoms with E-state index < -0.39 is 11.9 Å². The van der Waals surface area contributed by atoms with E-state index in [1.54, 1.807) is 11.3 Å². The largest absolute Gasteiger partial charge is 0.473 e. The van der Waals surface area contributed by atoms with Gasteiger partial charge in [0.15, 0.2) is 4.34 Å². The topological polar surface area (TPSA) is 117 Å². The van der Waals surface area contributed by atoms with Crippen molar-refractivity contribution < 1.29 is 19.8 Å². The van der Waals surface area contributed by atoms with Crippen molar-refractivity contribution in [1.29, 1.82) is 0 Å². The standard InChI is InChI=1S/C20H24N4S4.C2H2O4/c1-13(26-20-21-16-4-2-3-5-17(16)27-20)8-11-25-19-18(22-28-23-19)15-12-24-9-6-14(15)7-10-24;3-1(4)2(5)6/h2-5,13-15H,6-12H2,1H3;(H,3,4)(H,5,6). The first kappa shape index (κ1) is 25.4. The zero-order valence-electron chi connectivity index (χ0n) is 18.6. The molecule has 3 aliphatic rings. The molecule has 2 atom stereocenters. The summed E-state index contributed by atoms with van der Waals surface area (Å²) in [6.45, 7) is 6.06. The van der Waals surface area contributed by atoms with E-state index in [0.29, 0.717) is 11.2 Å². The van der Waals surface area contributed by atoms with Gasteiger partial charge in [-0.15, -0.1) is 23.1 Å². The van der Waals surface area contributed by atoms with Crippen LogP contribution < -0.4 is 0 Å². The molecule has 34 heavy (non-hydrogen) atoms. The molecule has 3 fully saturated rings. The number of fused-ring (bicyclic) bond motifs is 4. The van der Waals surface area contributed by atoms with Crippen LogP contribution in [0.2, 0.25) is 0 Å². The Morgan fingerprint density at radius 1 is 1.18 bits per heavy atom. The SMILES string of the molecule is CC(CCSc1nsnc1C1CN2CCC1CC2)Sc1nc2ccccc2s1.O=C(O)C(=O)O. The molecule has 0 saturated carbocycles. The third-order valence-corrected chi connectivity index (χ3v) is 9.98. The maximum atomic E-state index is 9.10. The fourth-order valence-corrected chi connectivity index (χ4v) is 8.67. The molecule has 12 heteroatoms. The molecule has 8 nitrogen and oxygen atoms in total. The second-order valence-electron chi connectivity index (χ2n) is 8.32. The minimum absolute atomic E-state index is 0.555. The average Bonchev–Trinajstić information content (AvgIpc) is 3.46. The molecule has 0 aliphatic carbocycles. The van der Waals surface area contributed by atoms with Crippen molar-refractivity contribution in [2.45, 2.75) is 46.7 Å². The lowest BCUT2D eigenvalue weighted by Crippen LogP contribution is -2.46. The van der Waals surface area contributed by atoms with E-state index in [4.69, 9.17) is 29.2 Å². The lowest BCUT2D eigenvalue weighted by Gasteiger charge is -2.44. The number of hydrogen-bond acceptors (Lipinski definition) is 10. The van der Waals surface area contributed by atoms with Gasteiger partial charge in [-0.2, -0.15) is 8.75 Å². The molecule has 2 aromatic heterocycles. The van der Waals surface area contributed by atoms with Crippen molar-refractivity contribution in [3.05, 3.63) is 30.0 Å². The number of hydrogen-bond donors (Lipinski definition) is 2. The molecule has 2 bridgehead atoms. The molecule has 0 amide bonds. The number of carboxylic acids is 2. The molecule has 0 radical (unpaired) electrons. The van der Waals surface area contributed by atoms with Crippen molar-refractivity contribution in [3.63, 3.8) is 0 Å². The highest BCUT2D eigenvalue weighted by Gasteiger charge is 2.37. The lowest BCUT2D eigenvalue weighted by atomic mass is 9.78. The Labute approximate surface area is 214 Å². The summed E-state index contributed by atoms with van der Waals surface area (Å²) in [6, 6.07) is 8.40. The van der Waals surface area contributed by atoms with Gasteiger partial charge in [0.05, 0.1) is 27.6 Å². The third-order valence-electron chi connectivity index (χ3n) is 6.01. The molecule has 3 saturated heterocycles. The molecule has 3 aromatic rings. The van der Waals surface area contributed by atoms with Crippen molar-refractivity contribution in [3.8, 4) is 0 Å². The van der Waals surface area contributed by atoms with Crippen LogP contribution in [0.3, 0.4) is 0 Å². The Bertz CT molecular complexity index is 1080. The van der Waals surface area contributed by atoms with Crippen LogP contribution in [0.25, 0.3) is 10.2 Å². The molecule has 182 valence electrons. The van der Waals surface area contributed by atoms with Gasteiger partial charge < -0.3 is 15.1 Å². The van der Waals surface area contributed by atoms with Crippen LogP contribution >= 0.6 is 46.6 Å². The van der Waals surface area contributed by atoms with Crippen LogP contribution in [0, 0.1) is 5.92 Å². The highest BCUT2D eigenvalue weighted by molar-refractivity contribution is 8.02. The van der Waals surface area contributed by atoms with Crippen LogP contribution in [-0.2, 0) is 9.59 Å². The number of rotatable bonds is 7. The second kappa shape index (κ2) is 11.8. The fraction of sp³-hybridized carbons (Fsp3) is 0.500. The van der Waals surface area contributed by atoms with Crippen LogP contribution in [-0.4, -0.2) is 71.4 Å². The van der Waals surface area contributed by atoms with Gasteiger partial charge in [-0.1, -0.05) is 30.8 Å². The summed E-state index contributed by atoms with van der Waals surface area (Å²) in [5, 5.41) is 16.5. The number of thioether (sulfide) groups is 2. The van der Waals surface area contributed by atoms with E-state index in [1.807, 2.05) is 23.5 Å². The van der Waals surface area contributed by atoms with Crippen LogP contribution in [0.4, 0.5) is 0 Å². The first-order chi connectivity index (χ1) is 16.4. The van der Waals surface area contributed by atoms with Gasteiger partial charge in [-0.3, -0.25) is 0 Å². The first-order valence-electron chi connectivity index (χ1n) is 11.1. The average molecular weight is 539 g/mol. The number of thiazole rings is 1. The molecule has 1 aromatic carbocycles. The number of nitrogens with zero attached hydrogens (tertiary/aromatic N) is 4. The number of piperidine rings is 3. The Morgan fingerprint density at radius 2 is 1.91 bits per heavy atom. The quantitative estimate of drug-likeness (QED) is 0.322. The van der Waals surface area contributed by atoms with Gasteiger partial charge in [0, 0.05) is 23.5 Å². The smallest absolute Gasteiger partial charge is 0.414 e. The minimum atomic E-state index is -1.82. The predicted molar refractivity (Wildman–Crippen MR) is 137 cm³/mol. The van der Waals surface area contributed by atoms with E-state index in [2.05, 4.69) is 40.5 Å².